The fourth-order valence-corrected chi connectivity index (χ4v) is 4.71. The summed E-state index contributed by atoms with van der Waals surface area (Å²) in [6, 6.07) is 15.1. The highest BCUT2D eigenvalue weighted by Gasteiger charge is 2.39. The van der Waals surface area contributed by atoms with Gasteiger partial charge in [0.15, 0.2) is 9.84 Å². The van der Waals surface area contributed by atoms with E-state index in [9.17, 15) is 18.0 Å². The van der Waals surface area contributed by atoms with E-state index >= 15 is 0 Å². The van der Waals surface area contributed by atoms with Crippen LogP contribution in [0.15, 0.2) is 60.7 Å². The molecule has 0 radical (unpaired) electrons. The van der Waals surface area contributed by atoms with Gasteiger partial charge in [-0.15, -0.1) is 0 Å². The highest BCUT2D eigenvalue weighted by molar-refractivity contribution is 7.91. The molecule has 0 unspecified atom stereocenters. The average molecular weight is 388 g/mol. The van der Waals surface area contributed by atoms with Crippen molar-refractivity contribution < 1.29 is 18.0 Å². The topological polar surface area (TPSA) is 116 Å². The molecule has 4 amide bonds. The summed E-state index contributed by atoms with van der Waals surface area (Å²) in [4.78, 5) is 24.3. The molecule has 27 heavy (non-hydrogen) atoms. The third-order valence-corrected chi connectivity index (χ3v) is 5.78. The lowest BCUT2D eigenvalue weighted by Crippen LogP contribution is -2.52. The maximum absolute atomic E-state index is 12.2. The first-order chi connectivity index (χ1) is 12.9. The third kappa shape index (κ3) is 5.45. The van der Waals surface area contributed by atoms with Crippen molar-refractivity contribution in [2.45, 2.75) is 12.1 Å². The standard InChI is InChI=1S/C18H20N4O4S/c23-17(19-13-7-3-1-4-8-13)21-15-11-27(25,26)12-16(15)22-18(24)20-14-9-5-2-6-10-14/h1-10,15-16H,11-12H2,(H2,19,21,23)(H2,20,22,24)/t15-,16-/m0/s1. The molecule has 8 nitrogen and oxygen atoms in total. The molecule has 2 aromatic rings. The van der Waals surface area contributed by atoms with Crippen molar-refractivity contribution in [3.05, 3.63) is 60.7 Å². The Bertz CT molecular complexity index is 834. The zero-order chi connectivity index (χ0) is 19.3. The quantitative estimate of drug-likeness (QED) is 0.639. The van der Waals surface area contributed by atoms with Crippen LogP contribution in [0.5, 0.6) is 0 Å². The molecule has 2 atom stereocenters. The predicted octanol–water partition coefficient (Wildman–Crippen LogP) is 1.80. The number of hydrogen-bond acceptors (Lipinski definition) is 4. The zero-order valence-electron chi connectivity index (χ0n) is 14.4. The van der Waals surface area contributed by atoms with Crippen molar-refractivity contribution in [3.63, 3.8) is 0 Å². The monoisotopic (exact) mass is 388 g/mol. The minimum absolute atomic E-state index is 0.231. The molecule has 1 fully saturated rings. The Balaban J connectivity index is 1.60. The second kappa shape index (κ2) is 8.09. The highest BCUT2D eigenvalue weighted by Crippen LogP contribution is 2.14. The van der Waals surface area contributed by atoms with E-state index in [1.54, 1.807) is 48.5 Å². The number of benzene rings is 2. The van der Waals surface area contributed by atoms with E-state index in [4.69, 9.17) is 0 Å². The number of anilines is 2. The van der Waals surface area contributed by atoms with Crippen LogP contribution in [0.2, 0.25) is 0 Å². The number of hydrogen-bond donors (Lipinski definition) is 4. The molecule has 1 saturated heterocycles. The molecule has 1 aliphatic heterocycles. The molecule has 4 N–H and O–H groups in total. The number of sulfone groups is 1. The van der Waals surface area contributed by atoms with Gasteiger partial charge in [0.1, 0.15) is 0 Å². The molecule has 0 saturated carbocycles. The lowest BCUT2D eigenvalue weighted by atomic mass is 10.2. The van der Waals surface area contributed by atoms with Gasteiger partial charge in [0.05, 0.1) is 23.6 Å². The number of carbonyl (C=O) groups excluding carboxylic acids is 2. The number of amides is 4. The Hall–Kier alpha value is -3.07. The minimum atomic E-state index is -3.37. The number of nitrogens with one attached hydrogen (secondary N) is 4. The molecule has 9 heteroatoms. The minimum Gasteiger partial charge on any atom is -0.332 e. The van der Waals surface area contributed by atoms with Crippen LogP contribution in [-0.4, -0.2) is 44.1 Å². The molecule has 0 aromatic heterocycles. The SMILES string of the molecule is O=C(Nc1ccccc1)N[C@H]1CS(=O)(=O)C[C@@H]1NC(=O)Nc1ccccc1. The molecule has 3 rings (SSSR count). The Morgan fingerprint density at radius 3 is 1.44 bits per heavy atom. The predicted molar refractivity (Wildman–Crippen MR) is 103 cm³/mol. The number of rotatable bonds is 4. The van der Waals surface area contributed by atoms with Crippen molar-refractivity contribution in [1.82, 2.24) is 10.6 Å². The van der Waals surface area contributed by atoms with Crippen LogP contribution in [0.25, 0.3) is 0 Å². The van der Waals surface area contributed by atoms with Crippen molar-refractivity contribution in [1.29, 1.82) is 0 Å². The van der Waals surface area contributed by atoms with E-state index in [1.807, 2.05) is 12.1 Å². The van der Waals surface area contributed by atoms with Gasteiger partial charge < -0.3 is 21.3 Å². The highest BCUT2D eigenvalue weighted by atomic mass is 32.2. The first-order valence-electron chi connectivity index (χ1n) is 8.37. The number of para-hydroxylation sites is 2. The molecular weight excluding hydrogens is 368 g/mol. The zero-order valence-corrected chi connectivity index (χ0v) is 15.2. The second-order valence-electron chi connectivity index (χ2n) is 6.22. The Morgan fingerprint density at radius 2 is 1.07 bits per heavy atom. The molecular formula is C18H20N4O4S. The number of urea groups is 2. The van der Waals surface area contributed by atoms with Crippen molar-refractivity contribution in [2.24, 2.45) is 0 Å². The van der Waals surface area contributed by atoms with Gasteiger partial charge in [0, 0.05) is 11.4 Å². The molecule has 142 valence electrons. The Morgan fingerprint density at radius 1 is 0.704 bits per heavy atom. The summed E-state index contributed by atoms with van der Waals surface area (Å²) in [5.41, 5.74) is 1.17. The van der Waals surface area contributed by atoms with Crippen LogP contribution in [0.3, 0.4) is 0 Å². The average Bonchev–Trinajstić information content (AvgIpc) is 2.89. The third-order valence-electron chi connectivity index (χ3n) is 4.05. The summed E-state index contributed by atoms with van der Waals surface area (Å²) in [5.74, 6) is -0.461. The molecule has 1 heterocycles. The van der Waals surface area contributed by atoms with Gasteiger partial charge in [-0.1, -0.05) is 36.4 Å². The van der Waals surface area contributed by atoms with E-state index < -0.39 is 34.0 Å². The van der Waals surface area contributed by atoms with Crippen LogP contribution in [-0.2, 0) is 9.84 Å². The fourth-order valence-electron chi connectivity index (χ4n) is 2.85. The van der Waals surface area contributed by atoms with E-state index in [2.05, 4.69) is 21.3 Å². The van der Waals surface area contributed by atoms with Gasteiger partial charge in [0.25, 0.3) is 0 Å². The maximum Gasteiger partial charge on any atom is 0.319 e. The Kier molecular flexibility index (Phi) is 5.60. The molecule has 0 aliphatic carbocycles. The summed E-state index contributed by atoms with van der Waals surface area (Å²) in [6.45, 7) is 0. The Labute approximate surface area is 157 Å². The van der Waals surface area contributed by atoms with Crippen LogP contribution >= 0.6 is 0 Å². The van der Waals surface area contributed by atoms with Gasteiger partial charge in [-0.25, -0.2) is 18.0 Å². The van der Waals surface area contributed by atoms with Crippen molar-refractivity contribution in [3.8, 4) is 0 Å². The normalized spacial score (nSPS) is 20.4. The van der Waals surface area contributed by atoms with Crippen LogP contribution in [0.4, 0.5) is 21.0 Å². The van der Waals surface area contributed by atoms with Gasteiger partial charge >= 0.3 is 12.1 Å². The summed E-state index contributed by atoms with van der Waals surface area (Å²) >= 11 is 0. The van der Waals surface area contributed by atoms with Crippen molar-refractivity contribution >= 4 is 33.3 Å². The van der Waals surface area contributed by atoms with Crippen molar-refractivity contribution in [2.75, 3.05) is 22.1 Å². The van der Waals surface area contributed by atoms with Gasteiger partial charge in [-0.3, -0.25) is 0 Å². The van der Waals surface area contributed by atoms with Gasteiger partial charge in [0.2, 0.25) is 0 Å². The smallest absolute Gasteiger partial charge is 0.319 e. The molecule has 0 spiro atoms. The van der Waals surface area contributed by atoms with E-state index in [0.717, 1.165) is 0 Å². The lowest BCUT2D eigenvalue weighted by Gasteiger charge is -2.21. The van der Waals surface area contributed by atoms with Crippen LogP contribution < -0.4 is 21.3 Å². The lowest BCUT2D eigenvalue weighted by molar-refractivity contribution is 0.240. The first-order valence-corrected chi connectivity index (χ1v) is 10.2. The van der Waals surface area contributed by atoms with Gasteiger partial charge in [-0.05, 0) is 24.3 Å². The first kappa shape index (κ1) is 18.7. The maximum atomic E-state index is 12.2. The largest absolute Gasteiger partial charge is 0.332 e. The number of carbonyl (C=O) groups is 2. The fraction of sp³-hybridized carbons (Fsp3) is 0.222. The van der Waals surface area contributed by atoms with E-state index in [-0.39, 0.29) is 11.5 Å². The molecule has 1 aliphatic rings. The molecule has 2 aromatic carbocycles. The van der Waals surface area contributed by atoms with Crippen LogP contribution in [0.1, 0.15) is 0 Å². The van der Waals surface area contributed by atoms with E-state index in [0.29, 0.717) is 11.4 Å². The second-order valence-corrected chi connectivity index (χ2v) is 8.37. The summed E-state index contributed by atoms with van der Waals surface area (Å²) in [7, 11) is -3.37. The van der Waals surface area contributed by atoms with Gasteiger partial charge in [-0.2, -0.15) is 0 Å². The summed E-state index contributed by atoms with van der Waals surface area (Å²) < 4.78 is 24.0. The summed E-state index contributed by atoms with van der Waals surface area (Å²) in [6.07, 6.45) is 0. The van der Waals surface area contributed by atoms with Crippen LogP contribution in [0, 0.1) is 0 Å². The summed E-state index contributed by atoms with van der Waals surface area (Å²) in [5, 5.41) is 10.5. The molecule has 0 bridgehead atoms. The van der Waals surface area contributed by atoms with E-state index in [1.165, 1.54) is 0 Å².